The van der Waals surface area contributed by atoms with Gasteiger partial charge in [0.2, 0.25) is 0 Å². The van der Waals surface area contributed by atoms with Crippen LogP contribution in [0.25, 0.3) is 0 Å². The van der Waals surface area contributed by atoms with Gasteiger partial charge >= 0.3 is 5.97 Å². The minimum absolute atomic E-state index is 0.0587. The Bertz CT molecular complexity index is 486. The largest absolute Gasteiger partial charge is 0.481 e. The Balaban J connectivity index is 3.33. The molecule has 0 spiro atoms. The van der Waals surface area contributed by atoms with Crippen LogP contribution in [0.3, 0.4) is 0 Å². The third kappa shape index (κ3) is 3.11. The Hall–Kier alpha value is -1.74. The predicted molar refractivity (Wildman–Crippen MR) is 54.8 cm³/mol. The third-order valence-corrected chi connectivity index (χ3v) is 2.27. The van der Waals surface area contributed by atoms with Crippen molar-refractivity contribution in [2.24, 2.45) is 0 Å². The zero-order chi connectivity index (χ0) is 13.0. The molecule has 1 heterocycles. The predicted octanol–water partition coefficient (Wildman–Crippen LogP) is 2.26. The van der Waals surface area contributed by atoms with Crippen molar-refractivity contribution in [3.63, 3.8) is 0 Å². The number of rotatable bonds is 4. The summed E-state index contributed by atoms with van der Waals surface area (Å²) in [6, 6.07) is 2.66. The van der Waals surface area contributed by atoms with Crippen LogP contribution in [-0.2, 0) is 17.1 Å². The smallest absolute Gasteiger partial charge is 0.307 e. The van der Waals surface area contributed by atoms with Crippen LogP contribution >= 0.6 is 11.6 Å². The zero-order valence-electron chi connectivity index (χ0n) is 8.45. The molecule has 1 aromatic rings. The Labute approximate surface area is 100 Å². The summed E-state index contributed by atoms with van der Waals surface area (Å²) in [6.45, 7) is 0. The van der Waals surface area contributed by atoms with Crippen molar-refractivity contribution < 1.29 is 18.7 Å². The van der Waals surface area contributed by atoms with Crippen molar-refractivity contribution in [2.75, 3.05) is 0 Å². The number of hydrogen-bond donors (Lipinski definition) is 1. The number of alkyl halides is 3. The van der Waals surface area contributed by atoms with Gasteiger partial charge in [0, 0.05) is 0 Å². The molecule has 0 aliphatic carbocycles. The zero-order valence-corrected chi connectivity index (χ0v) is 9.21. The van der Waals surface area contributed by atoms with E-state index in [1.807, 2.05) is 0 Å². The molecule has 0 fully saturated rings. The molecular formula is C10H7ClF2N2O2. The van der Waals surface area contributed by atoms with Crippen LogP contribution in [-0.4, -0.2) is 16.1 Å². The molecule has 17 heavy (non-hydrogen) atoms. The molecule has 7 heteroatoms. The first kappa shape index (κ1) is 13.3. The molecule has 0 radical (unpaired) electrons. The van der Waals surface area contributed by atoms with Crippen LogP contribution in [0.5, 0.6) is 0 Å². The summed E-state index contributed by atoms with van der Waals surface area (Å²) in [7, 11) is 0. The lowest BCUT2D eigenvalue weighted by atomic mass is 10.1. The number of halogens is 3. The van der Waals surface area contributed by atoms with Crippen molar-refractivity contribution >= 4 is 17.6 Å². The van der Waals surface area contributed by atoms with E-state index in [0.717, 1.165) is 6.07 Å². The standard InChI is InChI=1S/C10H7ClF2N2O2/c11-3-7-5(2-8(16)17)1-6(4-14)9(15-7)10(12)13/h1,10H,2-3H2,(H,16,17). The van der Waals surface area contributed by atoms with Gasteiger partial charge in [0.15, 0.2) is 0 Å². The molecule has 0 bridgehead atoms. The molecule has 1 N–H and O–H groups in total. The Morgan fingerprint density at radius 1 is 1.65 bits per heavy atom. The minimum Gasteiger partial charge on any atom is -0.481 e. The maximum absolute atomic E-state index is 12.6. The molecule has 0 atom stereocenters. The molecule has 1 aromatic heterocycles. The SMILES string of the molecule is N#Cc1cc(CC(=O)O)c(CCl)nc1C(F)F. The highest BCUT2D eigenvalue weighted by atomic mass is 35.5. The summed E-state index contributed by atoms with van der Waals surface area (Å²) in [5.41, 5.74) is -0.765. The summed E-state index contributed by atoms with van der Waals surface area (Å²) in [5, 5.41) is 17.3. The van der Waals surface area contributed by atoms with Crippen LogP contribution < -0.4 is 0 Å². The summed E-state index contributed by atoms with van der Waals surface area (Å²) in [5.74, 6) is -1.33. The van der Waals surface area contributed by atoms with Crippen LogP contribution in [0.15, 0.2) is 6.07 Å². The molecule has 0 saturated carbocycles. The number of carbonyl (C=O) groups is 1. The number of aliphatic carboxylic acids is 1. The Morgan fingerprint density at radius 2 is 2.29 bits per heavy atom. The fourth-order valence-electron chi connectivity index (χ4n) is 1.30. The molecule has 90 valence electrons. The van der Waals surface area contributed by atoms with Crippen LogP contribution in [0, 0.1) is 11.3 Å². The highest BCUT2D eigenvalue weighted by Crippen LogP contribution is 2.24. The van der Waals surface area contributed by atoms with Crippen LogP contribution in [0.4, 0.5) is 8.78 Å². The molecule has 0 unspecified atom stereocenters. The average molecular weight is 261 g/mol. The van der Waals surface area contributed by atoms with Crippen LogP contribution in [0.1, 0.15) is 28.9 Å². The van der Waals surface area contributed by atoms with Gasteiger partial charge in [-0.05, 0) is 11.6 Å². The van der Waals surface area contributed by atoms with Crippen molar-refractivity contribution in [3.05, 3.63) is 28.6 Å². The molecule has 0 saturated heterocycles. The highest BCUT2D eigenvalue weighted by molar-refractivity contribution is 6.17. The van der Waals surface area contributed by atoms with E-state index in [-0.39, 0.29) is 22.7 Å². The molecular weight excluding hydrogens is 254 g/mol. The van der Waals surface area contributed by atoms with Crippen molar-refractivity contribution in [1.82, 2.24) is 4.98 Å². The first-order valence-corrected chi connectivity index (χ1v) is 5.01. The fourth-order valence-corrected chi connectivity index (χ4v) is 1.53. The summed E-state index contributed by atoms with van der Waals surface area (Å²) >= 11 is 5.50. The number of carboxylic acids is 1. The molecule has 0 aromatic carbocycles. The number of nitrogens with zero attached hydrogens (tertiary/aromatic N) is 2. The second-order valence-corrected chi connectivity index (χ2v) is 3.41. The number of hydrogen-bond acceptors (Lipinski definition) is 3. The molecule has 0 amide bonds. The van der Waals surface area contributed by atoms with E-state index in [2.05, 4.69) is 4.98 Å². The van der Waals surface area contributed by atoms with Crippen LogP contribution in [0.2, 0.25) is 0 Å². The fraction of sp³-hybridized carbons (Fsp3) is 0.300. The maximum Gasteiger partial charge on any atom is 0.307 e. The van der Waals surface area contributed by atoms with E-state index < -0.39 is 24.5 Å². The van der Waals surface area contributed by atoms with Gasteiger partial charge in [-0.3, -0.25) is 4.79 Å². The first-order chi connectivity index (χ1) is 7.99. The number of carboxylic acid groups (broad SMARTS) is 1. The van der Waals surface area contributed by atoms with Crippen molar-refractivity contribution in [1.29, 1.82) is 5.26 Å². The van der Waals surface area contributed by atoms with Gasteiger partial charge in [-0.2, -0.15) is 5.26 Å². The highest BCUT2D eigenvalue weighted by Gasteiger charge is 2.19. The lowest BCUT2D eigenvalue weighted by Gasteiger charge is -2.08. The quantitative estimate of drug-likeness (QED) is 0.843. The maximum atomic E-state index is 12.6. The normalized spacial score (nSPS) is 10.3. The second-order valence-electron chi connectivity index (χ2n) is 3.14. The van der Waals surface area contributed by atoms with E-state index in [1.165, 1.54) is 0 Å². The molecule has 1 rings (SSSR count). The summed E-state index contributed by atoms with van der Waals surface area (Å²) < 4.78 is 25.1. The van der Waals surface area contributed by atoms with Gasteiger partial charge in [0.1, 0.15) is 11.8 Å². The minimum atomic E-state index is -2.90. The topological polar surface area (TPSA) is 74.0 Å². The molecule has 4 nitrogen and oxygen atoms in total. The number of pyridine rings is 1. The van der Waals surface area contributed by atoms with Gasteiger partial charge in [0.25, 0.3) is 6.43 Å². The third-order valence-electron chi connectivity index (χ3n) is 2.02. The number of aromatic nitrogens is 1. The van der Waals surface area contributed by atoms with Gasteiger partial charge in [-0.15, -0.1) is 11.6 Å². The monoisotopic (exact) mass is 260 g/mol. The lowest BCUT2D eigenvalue weighted by molar-refractivity contribution is -0.136. The van der Waals surface area contributed by atoms with Gasteiger partial charge < -0.3 is 5.11 Å². The van der Waals surface area contributed by atoms with Gasteiger partial charge in [-0.1, -0.05) is 0 Å². The van der Waals surface area contributed by atoms with Crippen molar-refractivity contribution in [2.45, 2.75) is 18.7 Å². The second kappa shape index (κ2) is 5.55. The van der Waals surface area contributed by atoms with E-state index >= 15 is 0 Å². The van der Waals surface area contributed by atoms with Gasteiger partial charge in [-0.25, -0.2) is 13.8 Å². The van der Waals surface area contributed by atoms with E-state index in [1.54, 1.807) is 6.07 Å². The number of nitriles is 1. The summed E-state index contributed by atoms with van der Waals surface area (Å²) in [4.78, 5) is 14.1. The molecule has 0 aliphatic heterocycles. The average Bonchev–Trinajstić information content (AvgIpc) is 2.27. The summed E-state index contributed by atoms with van der Waals surface area (Å²) in [6.07, 6.45) is -3.31. The van der Waals surface area contributed by atoms with Gasteiger partial charge in [0.05, 0.1) is 23.6 Å². The van der Waals surface area contributed by atoms with Crippen molar-refractivity contribution in [3.8, 4) is 6.07 Å². The lowest BCUT2D eigenvalue weighted by Crippen LogP contribution is -2.08. The Morgan fingerprint density at radius 3 is 2.71 bits per heavy atom. The van der Waals surface area contributed by atoms with E-state index in [9.17, 15) is 13.6 Å². The molecule has 0 aliphatic rings. The Kier molecular flexibility index (Phi) is 4.35. The van der Waals surface area contributed by atoms with E-state index in [4.69, 9.17) is 22.0 Å². The van der Waals surface area contributed by atoms with E-state index in [0.29, 0.717) is 0 Å². The first-order valence-electron chi connectivity index (χ1n) is 4.48.